The number of hydrogen-bond acceptors (Lipinski definition) is 4. The minimum absolute atomic E-state index is 0.279. The van der Waals surface area contributed by atoms with Gasteiger partial charge in [-0.2, -0.15) is 0 Å². The van der Waals surface area contributed by atoms with Crippen LogP contribution >= 0.6 is 0 Å². The van der Waals surface area contributed by atoms with Crippen molar-refractivity contribution in [3.63, 3.8) is 0 Å². The third-order valence-electron chi connectivity index (χ3n) is 1.71. The highest BCUT2D eigenvalue weighted by Crippen LogP contribution is 2.02. The van der Waals surface area contributed by atoms with Gasteiger partial charge in [0, 0.05) is 6.54 Å². The van der Waals surface area contributed by atoms with Crippen molar-refractivity contribution in [3.8, 4) is 0 Å². The van der Waals surface area contributed by atoms with Crippen LogP contribution in [-0.4, -0.2) is 27.3 Å². The summed E-state index contributed by atoms with van der Waals surface area (Å²) < 4.78 is 6.54. The van der Waals surface area contributed by atoms with E-state index in [4.69, 9.17) is 4.74 Å². The predicted molar refractivity (Wildman–Crippen MR) is 46.4 cm³/mol. The maximum Gasteiger partial charge on any atom is 0.376 e. The van der Waals surface area contributed by atoms with E-state index >= 15 is 0 Å². The fourth-order valence-corrected chi connectivity index (χ4v) is 1.11. The second kappa shape index (κ2) is 4.02. The molecule has 0 spiro atoms. The normalized spacial score (nSPS) is 10.1. The molecule has 0 aliphatic carbocycles. The zero-order valence-electron chi connectivity index (χ0n) is 8.07. The molecule has 0 amide bonds. The van der Waals surface area contributed by atoms with Crippen molar-refractivity contribution in [2.45, 2.75) is 27.3 Å². The van der Waals surface area contributed by atoms with Gasteiger partial charge in [0.2, 0.25) is 5.82 Å². The van der Waals surface area contributed by atoms with Crippen LogP contribution in [0, 0.1) is 6.92 Å². The van der Waals surface area contributed by atoms with Crippen molar-refractivity contribution < 1.29 is 9.53 Å². The SMILES string of the molecule is CCOC(=O)c1nnc(C)n1CC. The first-order valence-corrected chi connectivity index (χ1v) is 4.27. The number of hydrogen-bond donors (Lipinski definition) is 0. The Hall–Kier alpha value is -1.39. The highest BCUT2D eigenvalue weighted by molar-refractivity contribution is 5.85. The van der Waals surface area contributed by atoms with Crippen LogP contribution in [-0.2, 0) is 11.3 Å². The van der Waals surface area contributed by atoms with Gasteiger partial charge in [0.15, 0.2) is 0 Å². The molecule has 0 aliphatic rings. The smallest absolute Gasteiger partial charge is 0.376 e. The first-order valence-electron chi connectivity index (χ1n) is 4.27. The van der Waals surface area contributed by atoms with Crippen LogP contribution in [0.1, 0.15) is 30.3 Å². The van der Waals surface area contributed by atoms with Crippen molar-refractivity contribution in [1.29, 1.82) is 0 Å². The van der Waals surface area contributed by atoms with E-state index in [1.165, 1.54) is 0 Å². The van der Waals surface area contributed by atoms with Gasteiger partial charge in [-0.3, -0.25) is 0 Å². The fraction of sp³-hybridized carbons (Fsp3) is 0.625. The first-order chi connectivity index (χ1) is 6.20. The van der Waals surface area contributed by atoms with Gasteiger partial charge in [-0.1, -0.05) is 0 Å². The van der Waals surface area contributed by atoms with E-state index in [9.17, 15) is 4.79 Å². The molecule has 0 radical (unpaired) electrons. The summed E-state index contributed by atoms with van der Waals surface area (Å²) in [5, 5.41) is 7.55. The molecule has 5 nitrogen and oxygen atoms in total. The molecule has 0 N–H and O–H groups in total. The van der Waals surface area contributed by atoms with Gasteiger partial charge in [0.05, 0.1) is 6.61 Å². The van der Waals surface area contributed by atoms with Crippen molar-refractivity contribution >= 4 is 5.97 Å². The number of ether oxygens (including phenoxy) is 1. The van der Waals surface area contributed by atoms with Crippen molar-refractivity contribution in [3.05, 3.63) is 11.6 Å². The third-order valence-corrected chi connectivity index (χ3v) is 1.71. The number of aromatic nitrogens is 3. The molecule has 0 atom stereocenters. The van der Waals surface area contributed by atoms with Crippen LogP contribution in [0.3, 0.4) is 0 Å². The Morgan fingerprint density at radius 3 is 2.69 bits per heavy atom. The Morgan fingerprint density at radius 1 is 1.46 bits per heavy atom. The van der Waals surface area contributed by atoms with Crippen molar-refractivity contribution in [2.75, 3.05) is 6.61 Å². The monoisotopic (exact) mass is 183 g/mol. The Bertz CT molecular complexity index is 306. The topological polar surface area (TPSA) is 57.0 Å². The zero-order valence-corrected chi connectivity index (χ0v) is 8.07. The largest absolute Gasteiger partial charge is 0.460 e. The molecular weight excluding hydrogens is 170 g/mol. The summed E-state index contributed by atoms with van der Waals surface area (Å²) in [4.78, 5) is 11.3. The van der Waals surface area contributed by atoms with E-state index in [0.29, 0.717) is 13.2 Å². The van der Waals surface area contributed by atoms with E-state index < -0.39 is 5.97 Å². The average Bonchev–Trinajstić information content (AvgIpc) is 2.47. The van der Waals surface area contributed by atoms with Crippen LogP contribution in [0.4, 0.5) is 0 Å². The molecule has 0 fully saturated rings. The highest BCUT2D eigenvalue weighted by Gasteiger charge is 2.16. The summed E-state index contributed by atoms with van der Waals surface area (Å²) >= 11 is 0. The maximum atomic E-state index is 11.3. The summed E-state index contributed by atoms with van der Waals surface area (Å²) in [6, 6.07) is 0. The second-order valence-electron chi connectivity index (χ2n) is 2.54. The molecule has 72 valence electrons. The quantitative estimate of drug-likeness (QED) is 0.650. The number of aryl methyl sites for hydroxylation is 1. The Labute approximate surface area is 76.7 Å². The molecule has 1 aromatic heterocycles. The van der Waals surface area contributed by atoms with Gasteiger partial charge < -0.3 is 9.30 Å². The minimum atomic E-state index is -0.412. The summed E-state index contributed by atoms with van der Waals surface area (Å²) in [7, 11) is 0. The van der Waals surface area contributed by atoms with Gasteiger partial charge in [0.25, 0.3) is 0 Å². The van der Waals surface area contributed by atoms with E-state index in [0.717, 1.165) is 5.82 Å². The number of esters is 1. The predicted octanol–water partition coefficient (Wildman–Crippen LogP) is 0.783. The molecule has 1 rings (SSSR count). The van der Waals surface area contributed by atoms with Gasteiger partial charge in [0.1, 0.15) is 5.82 Å². The molecule has 0 saturated carbocycles. The number of rotatable bonds is 3. The van der Waals surface area contributed by atoms with E-state index in [1.54, 1.807) is 18.4 Å². The first kappa shape index (κ1) is 9.70. The number of carbonyl (C=O) groups is 1. The molecule has 0 aromatic carbocycles. The summed E-state index contributed by atoms with van der Waals surface area (Å²) in [6.07, 6.45) is 0. The molecule has 5 heteroatoms. The minimum Gasteiger partial charge on any atom is -0.460 e. The van der Waals surface area contributed by atoms with Crippen LogP contribution in [0.25, 0.3) is 0 Å². The van der Waals surface area contributed by atoms with E-state index in [-0.39, 0.29) is 5.82 Å². The third kappa shape index (κ3) is 1.85. The van der Waals surface area contributed by atoms with Crippen LogP contribution < -0.4 is 0 Å². The highest BCUT2D eigenvalue weighted by atomic mass is 16.5. The summed E-state index contributed by atoms with van der Waals surface area (Å²) in [6.45, 7) is 6.52. The molecule has 13 heavy (non-hydrogen) atoms. The standard InChI is InChI=1S/C8H13N3O2/c1-4-11-6(3)9-10-7(11)8(12)13-5-2/h4-5H2,1-3H3. The van der Waals surface area contributed by atoms with Crippen LogP contribution in [0.5, 0.6) is 0 Å². The summed E-state index contributed by atoms with van der Waals surface area (Å²) in [5.74, 6) is 0.595. The zero-order chi connectivity index (χ0) is 9.84. The lowest BCUT2D eigenvalue weighted by molar-refractivity contribution is 0.0505. The van der Waals surface area contributed by atoms with Gasteiger partial charge in [-0.15, -0.1) is 10.2 Å². The Balaban J connectivity index is 2.93. The molecular formula is C8H13N3O2. The molecule has 0 unspecified atom stereocenters. The maximum absolute atomic E-state index is 11.3. The lowest BCUT2D eigenvalue weighted by atomic mass is 10.5. The van der Waals surface area contributed by atoms with Gasteiger partial charge >= 0.3 is 5.97 Å². The van der Waals surface area contributed by atoms with Gasteiger partial charge in [-0.05, 0) is 20.8 Å². The molecule has 0 bridgehead atoms. The second-order valence-corrected chi connectivity index (χ2v) is 2.54. The molecule has 1 aromatic rings. The fourth-order valence-electron chi connectivity index (χ4n) is 1.11. The van der Waals surface area contributed by atoms with Gasteiger partial charge in [-0.25, -0.2) is 4.79 Å². The van der Waals surface area contributed by atoms with E-state index in [1.807, 2.05) is 6.92 Å². The lowest BCUT2D eigenvalue weighted by Crippen LogP contribution is -2.13. The molecule has 1 heterocycles. The lowest BCUT2D eigenvalue weighted by Gasteiger charge is -2.03. The van der Waals surface area contributed by atoms with E-state index in [2.05, 4.69) is 10.2 Å². The number of carbonyl (C=O) groups excluding carboxylic acids is 1. The van der Waals surface area contributed by atoms with Crippen molar-refractivity contribution in [1.82, 2.24) is 14.8 Å². The Morgan fingerprint density at radius 2 is 2.15 bits per heavy atom. The Kier molecular flexibility index (Phi) is 3.00. The molecule has 0 saturated heterocycles. The van der Waals surface area contributed by atoms with Crippen LogP contribution in [0.15, 0.2) is 0 Å². The van der Waals surface area contributed by atoms with Crippen molar-refractivity contribution in [2.24, 2.45) is 0 Å². The van der Waals surface area contributed by atoms with Crippen LogP contribution in [0.2, 0.25) is 0 Å². The molecule has 0 aliphatic heterocycles. The summed E-state index contributed by atoms with van der Waals surface area (Å²) in [5.41, 5.74) is 0. The average molecular weight is 183 g/mol. The number of nitrogens with zero attached hydrogens (tertiary/aromatic N) is 3.